The Balaban J connectivity index is 1.18. The molecule has 6 nitrogen and oxygen atoms in total. The summed E-state index contributed by atoms with van der Waals surface area (Å²) >= 11 is 0. The Morgan fingerprint density at radius 2 is 0.762 bits per heavy atom. The van der Waals surface area contributed by atoms with Gasteiger partial charge in [-0.05, 0) is 53.6 Å². The molecule has 0 saturated carbocycles. The molecule has 0 N–H and O–H groups in total. The van der Waals surface area contributed by atoms with Crippen molar-refractivity contribution in [2.24, 2.45) is 0 Å². The van der Waals surface area contributed by atoms with Crippen LogP contribution in [0.1, 0.15) is 0 Å². The van der Waals surface area contributed by atoms with Crippen LogP contribution in [-0.4, -0.2) is 24.1 Å². The predicted octanol–water partition coefficient (Wildman–Crippen LogP) is 14.6. The molecule has 0 atom stereocenters. The maximum atomic E-state index is 7.45. The first-order valence-corrected chi connectivity index (χ1v) is 21.2. The molecule has 0 spiro atoms. The second-order valence-electron chi connectivity index (χ2n) is 16.0. The fourth-order valence-electron chi connectivity index (χ4n) is 9.54. The van der Waals surface area contributed by atoms with Gasteiger partial charge in [0.25, 0.3) is 0 Å². The van der Waals surface area contributed by atoms with Crippen LogP contribution in [0.4, 0.5) is 0 Å². The lowest BCUT2D eigenvalue weighted by Crippen LogP contribution is -2.04. The molecule has 0 saturated heterocycles. The van der Waals surface area contributed by atoms with Gasteiger partial charge >= 0.3 is 0 Å². The lowest BCUT2D eigenvalue weighted by atomic mass is 10.0. The van der Waals surface area contributed by atoms with E-state index in [1.807, 2.05) is 60.7 Å². The lowest BCUT2D eigenvalue weighted by molar-refractivity contribution is 0.664. The van der Waals surface area contributed by atoms with Gasteiger partial charge in [0.2, 0.25) is 0 Å². The molecule has 6 heteroatoms. The zero-order valence-corrected chi connectivity index (χ0v) is 33.9. The Morgan fingerprint density at radius 1 is 0.302 bits per heavy atom. The number of hydrogen-bond acceptors (Lipinski definition) is 4. The summed E-state index contributed by atoms with van der Waals surface area (Å²) in [4.78, 5) is 15.7. The first kappa shape index (κ1) is 35.2. The number of benzene rings is 9. The van der Waals surface area contributed by atoms with E-state index >= 15 is 0 Å². The van der Waals surface area contributed by atoms with Crippen LogP contribution in [0.3, 0.4) is 0 Å². The molecule has 9 aromatic carbocycles. The third-order valence-corrected chi connectivity index (χ3v) is 12.4. The van der Waals surface area contributed by atoms with E-state index in [1.54, 1.807) is 0 Å². The van der Waals surface area contributed by atoms with Crippen LogP contribution in [-0.2, 0) is 0 Å². The molecule has 0 unspecified atom stereocenters. The molecule has 0 radical (unpaired) electrons. The van der Waals surface area contributed by atoms with E-state index in [0.717, 1.165) is 94.0 Å². The third-order valence-electron chi connectivity index (χ3n) is 12.4. The van der Waals surface area contributed by atoms with Gasteiger partial charge < -0.3 is 13.6 Å². The largest absolute Gasteiger partial charge is 0.452 e. The second-order valence-corrected chi connectivity index (χ2v) is 16.0. The van der Waals surface area contributed by atoms with Gasteiger partial charge in [-0.15, -0.1) is 0 Å². The standard InChI is InChI=1S/C57H35N5O/c1-4-17-36(18-5-1)39-31-32-43-42-25-12-15-29-49(42)62(51(43)35-39)52-46(57-59-55(37-19-6-2-7-20-37)58-56(60-57)38-21-8-3-9-22-38)34-33-45-44-26-16-30-50(53(44)63-54(45)52)61-47-27-13-10-23-40(47)41-24-11-14-28-48(41)61/h1-35H. The van der Waals surface area contributed by atoms with Crippen LogP contribution in [0.2, 0.25) is 0 Å². The number of aromatic nitrogens is 5. The number of furan rings is 1. The fourth-order valence-corrected chi connectivity index (χ4v) is 9.54. The molecular weight excluding hydrogens is 771 g/mol. The number of rotatable bonds is 6. The van der Waals surface area contributed by atoms with Gasteiger partial charge in [0, 0.05) is 49.0 Å². The minimum atomic E-state index is 0.549. The van der Waals surface area contributed by atoms with E-state index in [2.05, 4.69) is 161 Å². The number of hydrogen-bond donors (Lipinski definition) is 0. The highest BCUT2D eigenvalue weighted by molar-refractivity contribution is 6.17. The van der Waals surface area contributed by atoms with Gasteiger partial charge in [0.1, 0.15) is 5.69 Å². The Labute approximate surface area is 361 Å². The Kier molecular flexibility index (Phi) is 7.80. The highest BCUT2D eigenvalue weighted by atomic mass is 16.3. The summed E-state index contributed by atoms with van der Waals surface area (Å²) in [5, 5.41) is 6.69. The third kappa shape index (κ3) is 5.48. The van der Waals surface area contributed by atoms with Crippen molar-refractivity contribution >= 4 is 65.6 Å². The molecule has 13 rings (SSSR count). The van der Waals surface area contributed by atoms with Gasteiger partial charge in [-0.1, -0.05) is 170 Å². The monoisotopic (exact) mass is 805 g/mol. The smallest absolute Gasteiger partial charge is 0.166 e. The quantitative estimate of drug-likeness (QED) is 0.168. The summed E-state index contributed by atoms with van der Waals surface area (Å²) in [6.07, 6.45) is 0. The minimum Gasteiger partial charge on any atom is -0.452 e. The molecule has 13 aromatic rings. The zero-order chi connectivity index (χ0) is 41.4. The van der Waals surface area contributed by atoms with Crippen LogP contribution in [0.25, 0.3) is 122 Å². The summed E-state index contributed by atoms with van der Waals surface area (Å²) in [5.41, 5.74) is 12.6. The Hall–Kier alpha value is -8.61. The van der Waals surface area contributed by atoms with Gasteiger partial charge in [0.05, 0.1) is 27.8 Å². The molecule has 4 heterocycles. The summed E-state index contributed by atoms with van der Waals surface area (Å²) in [7, 11) is 0. The van der Waals surface area contributed by atoms with Crippen molar-refractivity contribution in [2.75, 3.05) is 0 Å². The molecule has 63 heavy (non-hydrogen) atoms. The molecule has 4 aromatic heterocycles. The maximum Gasteiger partial charge on any atom is 0.166 e. The van der Waals surface area contributed by atoms with E-state index < -0.39 is 0 Å². The minimum absolute atomic E-state index is 0.549. The Bertz CT molecular complexity index is 3790. The van der Waals surface area contributed by atoms with E-state index in [-0.39, 0.29) is 0 Å². The van der Waals surface area contributed by atoms with Gasteiger partial charge in [-0.3, -0.25) is 0 Å². The Morgan fingerprint density at radius 3 is 1.37 bits per heavy atom. The van der Waals surface area contributed by atoms with Crippen molar-refractivity contribution in [2.45, 2.75) is 0 Å². The van der Waals surface area contributed by atoms with Crippen molar-refractivity contribution in [3.63, 3.8) is 0 Å². The van der Waals surface area contributed by atoms with Crippen LogP contribution in [0.15, 0.2) is 217 Å². The molecule has 0 bridgehead atoms. The van der Waals surface area contributed by atoms with E-state index in [0.29, 0.717) is 17.5 Å². The molecule has 0 aliphatic heterocycles. The summed E-state index contributed by atoms with van der Waals surface area (Å²) in [6.45, 7) is 0. The fraction of sp³-hybridized carbons (Fsp3) is 0. The second kappa shape index (κ2) is 14.0. The van der Waals surface area contributed by atoms with E-state index in [9.17, 15) is 0 Å². The van der Waals surface area contributed by atoms with Crippen LogP contribution >= 0.6 is 0 Å². The number of para-hydroxylation sites is 4. The zero-order valence-electron chi connectivity index (χ0n) is 33.9. The van der Waals surface area contributed by atoms with Crippen molar-refractivity contribution in [1.29, 1.82) is 0 Å². The molecule has 0 aliphatic rings. The SMILES string of the molecule is c1ccc(-c2ccc3c4ccccc4n(-c4c(-c5nc(-c6ccccc6)nc(-c6ccccc6)n5)ccc5c4oc4c(-n6c7ccccc7c7ccccc76)cccc45)c3c2)cc1. The predicted molar refractivity (Wildman–Crippen MR) is 258 cm³/mol. The summed E-state index contributed by atoms with van der Waals surface area (Å²) in [6, 6.07) is 74.3. The first-order chi connectivity index (χ1) is 31.3. The van der Waals surface area contributed by atoms with Crippen molar-refractivity contribution < 1.29 is 4.42 Å². The maximum absolute atomic E-state index is 7.45. The van der Waals surface area contributed by atoms with E-state index in [4.69, 9.17) is 19.4 Å². The van der Waals surface area contributed by atoms with Gasteiger partial charge in [-0.2, -0.15) is 0 Å². The molecule has 294 valence electrons. The molecular formula is C57H35N5O. The van der Waals surface area contributed by atoms with Gasteiger partial charge in [0.15, 0.2) is 28.6 Å². The average molecular weight is 806 g/mol. The van der Waals surface area contributed by atoms with Crippen molar-refractivity contribution in [3.8, 4) is 56.7 Å². The number of nitrogens with zero attached hydrogens (tertiary/aromatic N) is 5. The van der Waals surface area contributed by atoms with Crippen molar-refractivity contribution in [1.82, 2.24) is 24.1 Å². The molecule has 0 fully saturated rings. The summed E-state index contributed by atoms with van der Waals surface area (Å²) in [5.74, 6) is 1.74. The van der Waals surface area contributed by atoms with Crippen LogP contribution in [0.5, 0.6) is 0 Å². The summed E-state index contributed by atoms with van der Waals surface area (Å²) < 4.78 is 12.2. The van der Waals surface area contributed by atoms with E-state index in [1.165, 1.54) is 10.8 Å². The molecule has 0 aliphatic carbocycles. The normalized spacial score (nSPS) is 11.8. The average Bonchev–Trinajstić information content (AvgIpc) is 4.02. The van der Waals surface area contributed by atoms with Crippen molar-refractivity contribution in [3.05, 3.63) is 212 Å². The lowest BCUT2D eigenvalue weighted by Gasteiger charge is -2.15. The van der Waals surface area contributed by atoms with Gasteiger partial charge in [-0.25, -0.2) is 15.0 Å². The highest BCUT2D eigenvalue weighted by Crippen LogP contribution is 2.45. The number of fused-ring (bicyclic) bond motifs is 9. The molecule has 0 amide bonds. The van der Waals surface area contributed by atoms with Crippen LogP contribution < -0.4 is 0 Å². The highest BCUT2D eigenvalue weighted by Gasteiger charge is 2.26. The first-order valence-electron chi connectivity index (χ1n) is 21.2. The van der Waals surface area contributed by atoms with Crippen LogP contribution in [0, 0.1) is 0 Å². The topological polar surface area (TPSA) is 61.7 Å².